The van der Waals surface area contributed by atoms with E-state index in [0.717, 1.165) is 12.1 Å². The van der Waals surface area contributed by atoms with Gasteiger partial charge in [-0.1, -0.05) is 12.1 Å². The van der Waals surface area contributed by atoms with Crippen LogP contribution < -0.4 is 0 Å². The summed E-state index contributed by atoms with van der Waals surface area (Å²) in [6.45, 7) is 0. The zero-order chi connectivity index (χ0) is 11.4. The van der Waals surface area contributed by atoms with E-state index in [1.807, 2.05) is 0 Å². The molecule has 0 amide bonds. The van der Waals surface area contributed by atoms with Crippen molar-refractivity contribution in [1.29, 1.82) is 0 Å². The molecule has 0 aliphatic heterocycles. The molecule has 0 saturated carbocycles. The highest BCUT2D eigenvalue weighted by molar-refractivity contribution is 6.08. The van der Waals surface area contributed by atoms with E-state index >= 15 is 0 Å². The first-order valence-corrected chi connectivity index (χ1v) is 4.10. The maximum Gasteiger partial charge on any atom is 0.296 e. The lowest BCUT2D eigenvalue weighted by molar-refractivity contribution is -0.128. The largest absolute Gasteiger partial charge is 0.296 e. The van der Waals surface area contributed by atoms with Crippen molar-refractivity contribution in [2.24, 2.45) is 0 Å². The van der Waals surface area contributed by atoms with Gasteiger partial charge in [-0.25, -0.2) is 13.2 Å². The van der Waals surface area contributed by atoms with E-state index in [0.29, 0.717) is 0 Å². The molecule has 0 bridgehead atoms. The van der Waals surface area contributed by atoms with Crippen molar-refractivity contribution in [3.8, 4) is 0 Å². The van der Waals surface area contributed by atoms with Crippen LogP contribution in [0.5, 0.6) is 0 Å². The number of halogens is 3. The summed E-state index contributed by atoms with van der Waals surface area (Å²) in [6.07, 6.45) is -4.07. The predicted octanol–water partition coefficient (Wildman–Crippen LogP) is 2.23. The van der Waals surface area contributed by atoms with Gasteiger partial charge in [0.05, 0.1) is 6.42 Å². The molecule has 0 fully saturated rings. The summed E-state index contributed by atoms with van der Waals surface area (Å²) in [5, 5.41) is 0. The summed E-state index contributed by atoms with van der Waals surface area (Å²) in [5.41, 5.74) is -0.0796. The molecule has 0 atom stereocenters. The summed E-state index contributed by atoms with van der Waals surface area (Å²) in [7, 11) is 0. The summed E-state index contributed by atoms with van der Waals surface area (Å²) >= 11 is 0. The summed E-state index contributed by atoms with van der Waals surface area (Å²) in [6, 6.07) is 4.56. The monoisotopic (exact) mass is 216 g/mol. The van der Waals surface area contributed by atoms with Crippen molar-refractivity contribution >= 4 is 11.6 Å². The third-order valence-corrected chi connectivity index (χ3v) is 1.72. The van der Waals surface area contributed by atoms with Crippen LogP contribution in [0.3, 0.4) is 0 Å². The zero-order valence-electron chi connectivity index (χ0n) is 7.54. The molecule has 0 aliphatic rings. The van der Waals surface area contributed by atoms with Crippen LogP contribution in [0.15, 0.2) is 24.3 Å². The SMILES string of the molecule is O=C(CC(=O)C(F)F)c1cccc(F)c1. The first-order valence-electron chi connectivity index (χ1n) is 4.10. The van der Waals surface area contributed by atoms with Crippen molar-refractivity contribution in [2.75, 3.05) is 0 Å². The lowest BCUT2D eigenvalue weighted by Crippen LogP contribution is -2.15. The summed E-state index contributed by atoms with van der Waals surface area (Å²) in [5.74, 6) is -2.91. The van der Waals surface area contributed by atoms with E-state index in [1.165, 1.54) is 12.1 Å². The average Bonchev–Trinajstić information content (AvgIpc) is 2.17. The normalized spacial score (nSPS) is 10.4. The average molecular weight is 216 g/mol. The topological polar surface area (TPSA) is 34.1 Å². The van der Waals surface area contributed by atoms with E-state index in [9.17, 15) is 22.8 Å². The van der Waals surface area contributed by atoms with Gasteiger partial charge in [0.15, 0.2) is 5.78 Å². The van der Waals surface area contributed by atoms with E-state index < -0.39 is 30.2 Å². The van der Waals surface area contributed by atoms with Crippen LogP contribution in [-0.4, -0.2) is 18.0 Å². The Hall–Kier alpha value is -1.65. The summed E-state index contributed by atoms with van der Waals surface area (Å²) in [4.78, 5) is 21.7. The maximum absolute atomic E-state index is 12.6. The van der Waals surface area contributed by atoms with E-state index in [-0.39, 0.29) is 5.56 Å². The Labute approximate surface area is 83.7 Å². The van der Waals surface area contributed by atoms with Crippen molar-refractivity contribution < 1.29 is 22.8 Å². The van der Waals surface area contributed by atoms with Gasteiger partial charge < -0.3 is 0 Å². The van der Waals surface area contributed by atoms with Gasteiger partial charge in [0.2, 0.25) is 5.78 Å². The van der Waals surface area contributed by atoms with Gasteiger partial charge in [0.25, 0.3) is 6.43 Å². The highest BCUT2D eigenvalue weighted by atomic mass is 19.3. The Kier molecular flexibility index (Phi) is 3.60. The third kappa shape index (κ3) is 3.19. The number of hydrogen-bond acceptors (Lipinski definition) is 2. The van der Waals surface area contributed by atoms with E-state index in [1.54, 1.807) is 0 Å². The number of ketones is 2. The van der Waals surface area contributed by atoms with E-state index in [4.69, 9.17) is 0 Å². The minimum absolute atomic E-state index is 0.0796. The molecule has 1 aromatic carbocycles. The van der Waals surface area contributed by atoms with E-state index in [2.05, 4.69) is 0 Å². The molecule has 0 aromatic heterocycles. The molecular formula is C10H7F3O2. The second-order valence-electron chi connectivity index (χ2n) is 2.88. The van der Waals surface area contributed by atoms with Gasteiger partial charge >= 0.3 is 0 Å². The standard InChI is InChI=1S/C10H7F3O2/c11-7-3-1-2-6(4-7)8(14)5-9(15)10(12)13/h1-4,10H,5H2. The first-order chi connectivity index (χ1) is 7.00. The van der Waals surface area contributed by atoms with Gasteiger partial charge in [-0.3, -0.25) is 9.59 Å². The number of rotatable bonds is 4. The fourth-order valence-corrected chi connectivity index (χ4v) is 0.999. The van der Waals surface area contributed by atoms with Gasteiger partial charge in [-0.2, -0.15) is 0 Å². The second-order valence-corrected chi connectivity index (χ2v) is 2.88. The zero-order valence-corrected chi connectivity index (χ0v) is 7.54. The van der Waals surface area contributed by atoms with Crippen molar-refractivity contribution in [3.63, 3.8) is 0 Å². The number of Topliss-reactive ketones (excluding diaryl/α,β-unsaturated/α-hetero) is 2. The first kappa shape index (κ1) is 11.4. The number of benzene rings is 1. The second kappa shape index (κ2) is 4.72. The Bertz CT molecular complexity index is 388. The number of carbonyl (C=O) groups is 2. The van der Waals surface area contributed by atoms with Gasteiger partial charge in [0.1, 0.15) is 5.82 Å². The molecule has 0 aliphatic carbocycles. The highest BCUT2D eigenvalue weighted by Crippen LogP contribution is 2.08. The summed E-state index contributed by atoms with van der Waals surface area (Å²) < 4.78 is 36.3. The van der Waals surface area contributed by atoms with Gasteiger partial charge in [0, 0.05) is 5.56 Å². The lowest BCUT2D eigenvalue weighted by atomic mass is 10.1. The maximum atomic E-state index is 12.6. The minimum atomic E-state index is -3.16. The molecule has 0 saturated heterocycles. The Balaban J connectivity index is 2.74. The number of carbonyl (C=O) groups excluding carboxylic acids is 2. The van der Waals surface area contributed by atoms with Gasteiger partial charge in [-0.05, 0) is 12.1 Å². The fraction of sp³-hybridized carbons (Fsp3) is 0.200. The smallest absolute Gasteiger partial charge is 0.294 e. The molecule has 0 heterocycles. The Morgan fingerprint density at radius 1 is 1.27 bits per heavy atom. The lowest BCUT2D eigenvalue weighted by Gasteiger charge is -2.00. The third-order valence-electron chi connectivity index (χ3n) is 1.72. The fourth-order valence-electron chi connectivity index (χ4n) is 0.999. The minimum Gasteiger partial charge on any atom is -0.294 e. The Morgan fingerprint density at radius 2 is 1.93 bits per heavy atom. The molecule has 1 rings (SSSR count). The van der Waals surface area contributed by atoms with Crippen LogP contribution in [-0.2, 0) is 4.79 Å². The molecule has 1 aromatic rings. The molecule has 80 valence electrons. The highest BCUT2D eigenvalue weighted by Gasteiger charge is 2.20. The predicted molar refractivity (Wildman–Crippen MR) is 46.4 cm³/mol. The van der Waals surface area contributed by atoms with Crippen LogP contribution in [0, 0.1) is 5.82 Å². The molecule has 0 unspecified atom stereocenters. The molecule has 15 heavy (non-hydrogen) atoms. The molecule has 0 N–H and O–H groups in total. The van der Waals surface area contributed by atoms with Crippen molar-refractivity contribution in [3.05, 3.63) is 35.6 Å². The van der Waals surface area contributed by atoms with Crippen LogP contribution in [0.1, 0.15) is 16.8 Å². The van der Waals surface area contributed by atoms with Crippen LogP contribution in [0.25, 0.3) is 0 Å². The molecule has 0 spiro atoms. The van der Waals surface area contributed by atoms with Crippen LogP contribution in [0.2, 0.25) is 0 Å². The molecular weight excluding hydrogens is 209 g/mol. The Morgan fingerprint density at radius 3 is 2.47 bits per heavy atom. The number of hydrogen-bond donors (Lipinski definition) is 0. The molecule has 5 heteroatoms. The number of alkyl halides is 2. The van der Waals surface area contributed by atoms with Crippen LogP contribution in [0.4, 0.5) is 13.2 Å². The van der Waals surface area contributed by atoms with Crippen LogP contribution >= 0.6 is 0 Å². The van der Waals surface area contributed by atoms with Crippen molar-refractivity contribution in [1.82, 2.24) is 0 Å². The molecule has 2 nitrogen and oxygen atoms in total. The molecule has 0 radical (unpaired) electrons. The quantitative estimate of drug-likeness (QED) is 0.571. The van der Waals surface area contributed by atoms with Gasteiger partial charge in [-0.15, -0.1) is 0 Å². The van der Waals surface area contributed by atoms with Crippen molar-refractivity contribution in [2.45, 2.75) is 12.8 Å².